The fourth-order valence-corrected chi connectivity index (χ4v) is 7.14. The molecule has 0 amide bonds. The molecule has 14 heteroatoms. The number of esters is 1. The molecule has 2 fully saturated rings. The molecule has 11 unspecified atom stereocenters. The molecule has 14 nitrogen and oxygen atoms in total. The van der Waals surface area contributed by atoms with Crippen molar-refractivity contribution in [1.82, 2.24) is 0 Å². The van der Waals surface area contributed by atoms with E-state index in [2.05, 4.69) is 92.8 Å². The zero-order chi connectivity index (χ0) is 48.7. The average molecular weight is 947 g/mol. The highest BCUT2D eigenvalue weighted by Gasteiger charge is 2.47. The molecule has 0 aliphatic carbocycles. The Balaban J connectivity index is 1.82. The molecule has 7 N–H and O–H groups in total. The Bertz CT molecular complexity index is 1470. The molecule has 0 bridgehead atoms. The van der Waals surface area contributed by atoms with Crippen LogP contribution in [0.2, 0.25) is 0 Å². The van der Waals surface area contributed by atoms with Gasteiger partial charge < -0.3 is 64.2 Å². The van der Waals surface area contributed by atoms with Crippen LogP contribution in [-0.2, 0) is 33.2 Å². The van der Waals surface area contributed by atoms with Gasteiger partial charge in [0.05, 0.1) is 32.8 Å². The molecule has 11 atom stereocenters. The minimum Gasteiger partial charge on any atom is -0.457 e. The summed E-state index contributed by atoms with van der Waals surface area (Å²) in [6.45, 7) is 3.28. The highest BCUT2D eigenvalue weighted by Crippen LogP contribution is 2.26. The van der Waals surface area contributed by atoms with E-state index in [1.165, 1.54) is 25.7 Å². The summed E-state index contributed by atoms with van der Waals surface area (Å²) >= 11 is 0. The molecule has 2 aliphatic rings. The van der Waals surface area contributed by atoms with E-state index in [1.54, 1.807) is 6.08 Å². The van der Waals surface area contributed by atoms with Gasteiger partial charge in [0.1, 0.15) is 54.9 Å². The predicted molar refractivity (Wildman–Crippen MR) is 261 cm³/mol. The number of aliphatic hydroxyl groups is 7. The second-order valence-corrected chi connectivity index (χ2v) is 16.9. The van der Waals surface area contributed by atoms with Crippen LogP contribution in [0.15, 0.2) is 97.2 Å². The average Bonchev–Trinajstić information content (AvgIpc) is 3.32. The second-order valence-electron chi connectivity index (χ2n) is 16.9. The summed E-state index contributed by atoms with van der Waals surface area (Å²) in [7, 11) is 0. The Hall–Kier alpha value is -3.09. The van der Waals surface area contributed by atoms with Crippen molar-refractivity contribution in [2.45, 2.75) is 197 Å². The highest BCUT2D eigenvalue weighted by molar-refractivity contribution is 5.71. The number of unbranched alkanes of at least 4 members (excludes halogenated alkanes) is 8. The van der Waals surface area contributed by atoms with E-state index in [4.69, 9.17) is 28.4 Å². The number of ether oxygens (including phenoxy) is 6. The largest absolute Gasteiger partial charge is 0.457 e. The zero-order valence-corrected chi connectivity index (χ0v) is 40.3. The van der Waals surface area contributed by atoms with Crippen molar-refractivity contribution in [3.63, 3.8) is 0 Å². The fraction of sp³-hybridized carbons (Fsp3) is 0.679. The van der Waals surface area contributed by atoms with Gasteiger partial charge in [-0.2, -0.15) is 0 Å². The summed E-state index contributed by atoms with van der Waals surface area (Å²) < 4.78 is 34.1. The van der Waals surface area contributed by atoms with E-state index in [0.717, 1.165) is 77.0 Å². The molecule has 382 valence electrons. The third-order valence-electron chi connectivity index (χ3n) is 11.1. The summed E-state index contributed by atoms with van der Waals surface area (Å²) in [5.74, 6) is -0.510. The fourth-order valence-electron chi connectivity index (χ4n) is 7.14. The first-order valence-electron chi connectivity index (χ1n) is 24.8. The zero-order valence-electron chi connectivity index (χ0n) is 40.3. The number of rotatable bonds is 37. The lowest BCUT2D eigenvalue weighted by molar-refractivity contribution is -0.332. The maximum absolute atomic E-state index is 12.9. The summed E-state index contributed by atoms with van der Waals surface area (Å²) in [5, 5.41) is 72.1. The first-order valence-corrected chi connectivity index (χ1v) is 24.8. The Morgan fingerprint density at radius 3 is 1.45 bits per heavy atom. The van der Waals surface area contributed by atoms with Crippen LogP contribution < -0.4 is 0 Å². The first-order chi connectivity index (χ1) is 32.6. The van der Waals surface area contributed by atoms with Gasteiger partial charge in [-0.05, 0) is 70.6 Å². The maximum Gasteiger partial charge on any atom is 0.310 e. The molecule has 2 heterocycles. The van der Waals surface area contributed by atoms with E-state index in [9.17, 15) is 40.5 Å². The van der Waals surface area contributed by atoms with Crippen LogP contribution in [0.5, 0.6) is 0 Å². The van der Waals surface area contributed by atoms with Crippen LogP contribution in [-0.4, -0.2) is 142 Å². The number of hydrogen-bond acceptors (Lipinski definition) is 14. The molecule has 2 aliphatic heterocycles. The van der Waals surface area contributed by atoms with Gasteiger partial charge in [0, 0.05) is 6.61 Å². The Morgan fingerprint density at radius 1 is 0.493 bits per heavy atom. The van der Waals surface area contributed by atoms with Crippen molar-refractivity contribution in [2.75, 3.05) is 33.0 Å². The number of carbonyl (C=O) groups is 1. The van der Waals surface area contributed by atoms with Crippen LogP contribution in [0.1, 0.15) is 129 Å². The van der Waals surface area contributed by atoms with Crippen molar-refractivity contribution >= 4 is 5.97 Å². The van der Waals surface area contributed by atoms with Crippen LogP contribution in [0.3, 0.4) is 0 Å². The smallest absolute Gasteiger partial charge is 0.310 e. The molecule has 2 saturated heterocycles. The molecule has 0 saturated carbocycles. The van der Waals surface area contributed by atoms with Gasteiger partial charge in [-0.3, -0.25) is 4.79 Å². The van der Waals surface area contributed by atoms with Gasteiger partial charge in [-0.25, -0.2) is 0 Å². The molecule has 0 aromatic rings. The number of carbonyl (C=O) groups excluding carboxylic acids is 1. The maximum atomic E-state index is 12.9. The predicted octanol–water partition coefficient (Wildman–Crippen LogP) is 7.07. The monoisotopic (exact) mass is 947 g/mol. The standard InChI is InChI=1S/C53H86O14/c1-3-5-7-9-11-13-15-17-19-20-21-23-25-27-29-31-33-35-37-62-39-42(65-45(55)36-34-32-30-28-26-24-22-18-16-14-12-10-8-6-4-2)40-63-52-51(61)49(59)47(57)44(67-52)41-64-53-50(60)48(58)46(56)43(38-54)66-53/h5-8,11-14,17-19,22,26,28,32,34,42-44,46-54,56-61H,3-4,9-10,15-16,20-21,23-25,27,29-31,33,35-41H2,1-2H3/b7-5-,8-6-,13-11-,14-12-,19-17-,22-18-,28-26-,34-32-. The van der Waals surface area contributed by atoms with E-state index in [0.29, 0.717) is 13.0 Å². The van der Waals surface area contributed by atoms with Crippen LogP contribution in [0.4, 0.5) is 0 Å². The molecule has 0 radical (unpaired) electrons. The van der Waals surface area contributed by atoms with Crippen molar-refractivity contribution in [2.24, 2.45) is 0 Å². The second kappa shape index (κ2) is 39.7. The van der Waals surface area contributed by atoms with Crippen LogP contribution in [0.25, 0.3) is 0 Å². The lowest BCUT2D eigenvalue weighted by Gasteiger charge is -2.42. The third kappa shape index (κ3) is 27.6. The molecule has 67 heavy (non-hydrogen) atoms. The topological polar surface area (TPSA) is 214 Å². The minimum absolute atomic E-state index is 0.0100. The molecular formula is C53H86O14. The SMILES string of the molecule is CC/C=C\C/C=C\C/C=C\C/C=C\C/C=C\CC(=O)OC(COCCCCCCCCCC/C=C\C/C=C\C/C=C\CC)COC1OC(COC2OC(CO)C(O)C(O)C2O)C(O)C(O)C1O. The normalized spacial score (nSPS) is 26.9. The first kappa shape index (κ1) is 60.0. The van der Waals surface area contributed by atoms with Crippen LogP contribution in [0, 0.1) is 0 Å². The summed E-state index contributed by atoms with van der Waals surface area (Å²) in [6, 6.07) is 0. The minimum atomic E-state index is -1.73. The Kier molecular flexibility index (Phi) is 35.6. The highest BCUT2D eigenvalue weighted by atomic mass is 16.7. The van der Waals surface area contributed by atoms with Crippen molar-refractivity contribution in [3.05, 3.63) is 97.2 Å². The summed E-state index contributed by atoms with van der Waals surface area (Å²) in [5.41, 5.74) is 0. The summed E-state index contributed by atoms with van der Waals surface area (Å²) in [6.07, 6.45) is 35.0. The number of hydrogen-bond donors (Lipinski definition) is 7. The van der Waals surface area contributed by atoms with Gasteiger partial charge in [-0.1, -0.05) is 150 Å². The van der Waals surface area contributed by atoms with E-state index >= 15 is 0 Å². The van der Waals surface area contributed by atoms with Gasteiger partial charge in [0.15, 0.2) is 12.6 Å². The third-order valence-corrected chi connectivity index (χ3v) is 11.1. The lowest BCUT2D eigenvalue weighted by Crippen LogP contribution is -2.61. The van der Waals surface area contributed by atoms with Crippen molar-refractivity contribution in [3.8, 4) is 0 Å². The van der Waals surface area contributed by atoms with Gasteiger partial charge in [0.25, 0.3) is 0 Å². The van der Waals surface area contributed by atoms with E-state index in [-0.39, 0.29) is 19.6 Å². The lowest BCUT2D eigenvalue weighted by atomic mass is 9.98. The summed E-state index contributed by atoms with van der Waals surface area (Å²) in [4.78, 5) is 12.9. The molecular weight excluding hydrogens is 861 g/mol. The van der Waals surface area contributed by atoms with Crippen molar-refractivity contribution < 1.29 is 69.0 Å². The van der Waals surface area contributed by atoms with Crippen molar-refractivity contribution in [1.29, 1.82) is 0 Å². The van der Waals surface area contributed by atoms with Gasteiger partial charge in [0.2, 0.25) is 0 Å². The van der Waals surface area contributed by atoms with E-state index in [1.807, 2.05) is 12.2 Å². The van der Waals surface area contributed by atoms with Gasteiger partial charge in [-0.15, -0.1) is 0 Å². The van der Waals surface area contributed by atoms with E-state index < -0.39 is 86.7 Å². The quantitative estimate of drug-likeness (QED) is 0.0189. The molecule has 2 rings (SSSR count). The van der Waals surface area contributed by atoms with Gasteiger partial charge >= 0.3 is 5.97 Å². The molecule has 0 aromatic heterocycles. The molecule has 0 aromatic carbocycles. The Morgan fingerprint density at radius 2 is 0.925 bits per heavy atom. The molecule has 0 spiro atoms. The van der Waals surface area contributed by atoms with Crippen LogP contribution >= 0.6 is 0 Å². The Labute approximate surface area is 401 Å². The number of allylic oxidation sites excluding steroid dienone is 15. The number of aliphatic hydroxyl groups excluding tert-OH is 7.